The van der Waals surface area contributed by atoms with Crippen molar-refractivity contribution in [1.82, 2.24) is 5.32 Å². The van der Waals surface area contributed by atoms with Crippen LogP contribution in [0.2, 0.25) is 0 Å². The van der Waals surface area contributed by atoms with Crippen molar-refractivity contribution in [1.29, 1.82) is 0 Å². The number of ether oxygens (including phenoxy) is 2. The molecule has 5 heteroatoms. The van der Waals surface area contributed by atoms with Crippen LogP contribution in [-0.2, 0) is 11.3 Å². The lowest BCUT2D eigenvalue weighted by atomic mass is 9.99. The molecule has 5 nitrogen and oxygen atoms in total. The Labute approximate surface area is 120 Å². The second kappa shape index (κ2) is 7.75. The summed E-state index contributed by atoms with van der Waals surface area (Å²) in [4.78, 5) is 11.9. The zero-order valence-electron chi connectivity index (χ0n) is 12.6. The van der Waals surface area contributed by atoms with Crippen LogP contribution in [0, 0.1) is 5.92 Å². The normalized spacial score (nSPS) is 13.4. The quantitative estimate of drug-likeness (QED) is 0.797. The number of hydrogen-bond donors (Lipinski definition) is 2. The van der Waals surface area contributed by atoms with Gasteiger partial charge in [0.2, 0.25) is 5.91 Å². The summed E-state index contributed by atoms with van der Waals surface area (Å²) < 4.78 is 10.4. The number of carbonyl (C=O) groups excluding carboxylic acids is 1. The van der Waals surface area contributed by atoms with Crippen LogP contribution in [0.1, 0.15) is 25.8 Å². The van der Waals surface area contributed by atoms with Gasteiger partial charge in [0.15, 0.2) is 11.5 Å². The van der Waals surface area contributed by atoms with Crippen molar-refractivity contribution in [2.24, 2.45) is 11.7 Å². The van der Waals surface area contributed by atoms with Crippen LogP contribution in [0.5, 0.6) is 11.5 Å². The van der Waals surface area contributed by atoms with E-state index >= 15 is 0 Å². The Balaban J connectivity index is 2.64. The van der Waals surface area contributed by atoms with E-state index in [1.165, 1.54) is 0 Å². The van der Waals surface area contributed by atoms with Gasteiger partial charge in [-0.2, -0.15) is 0 Å². The summed E-state index contributed by atoms with van der Waals surface area (Å²) in [6, 6.07) is 5.07. The molecule has 2 atom stereocenters. The van der Waals surface area contributed by atoms with E-state index in [2.05, 4.69) is 5.32 Å². The Bertz CT molecular complexity index is 449. The molecule has 3 N–H and O–H groups in total. The first-order valence-electron chi connectivity index (χ1n) is 6.77. The van der Waals surface area contributed by atoms with E-state index in [0.717, 1.165) is 12.0 Å². The van der Waals surface area contributed by atoms with Crippen molar-refractivity contribution in [3.8, 4) is 11.5 Å². The van der Waals surface area contributed by atoms with Crippen LogP contribution >= 0.6 is 0 Å². The molecular formula is C15H24N2O3. The van der Waals surface area contributed by atoms with E-state index in [9.17, 15) is 4.79 Å². The van der Waals surface area contributed by atoms with Crippen molar-refractivity contribution in [3.63, 3.8) is 0 Å². The van der Waals surface area contributed by atoms with E-state index < -0.39 is 6.04 Å². The first-order chi connectivity index (χ1) is 9.53. The molecule has 1 rings (SSSR count). The molecule has 0 aliphatic heterocycles. The number of carbonyl (C=O) groups is 1. The molecule has 0 aromatic heterocycles. The molecular weight excluding hydrogens is 256 g/mol. The maximum absolute atomic E-state index is 11.9. The summed E-state index contributed by atoms with van der Waals surface area (Å²) in [6.07, 6.45) is 0.880. The van der Waals surface area contributed by atoms with E-state index in [1.807, 2.05) is 32.0 Å². The minimum absolute atomic E-state index is 0.130. The van der Waals surface area contributed by atoms with Gasteiger partial charge in [0, 0.05) is 6.54 Å². The van der Waals surface area contributed by atoms with E-state index in [4.69, 9.17) is 15.2 Å². The van der Waals surface area contributed by atoms with Crippen molar-refractivity contribution in [2.45, 2.75) is 32.9 Å². The third-order valence-electron chi connectivity index (χ3n) is 3.47. The molecule has 0 saturated heterocycles. The molecule has 0 saturated carbocycles. The van der Waals surface area contributed by atoms with Gasteiger partial charge in [-0.25, -0.2) is 0 Å². The van der Waals surface area contributed by atoms with Gasteiger partial charge in [-0.15, -0.1) is 0 Å². The van der Waals surface area contributed by atoms with Crippen molar-refractivity contribution in [3.05, 3.63) is 23.8 Å². The van der Waals surface area contributed by atoms with Crippen LogP contribution in [0.4, 0.5) is 0 Å². The van der Waals surface area contributed by atoms with Crippen molar-refractivity contribution >= 4 is 5.91 Å². The SMILES string of the molecule is CC[C@H](C)[C@H](N)C(=O)NCc1ccc(OC)c(OC)c1. The summed E-state index contributed by atoms with van der Waals surface area (Å²) in [5.41, 5.74) is 6.82. The number of benzene rings is 1. The highest BCUT2D eigenvalue weighted by atomic mass is 16.5. The number of rotatable bonds is 7. The summed E-state index contributed by atoms with van der Waals surface area (Å²) in [6.45, 7) is 4.41. The lowest BCUT2D eigenvalue weighted by molar-refractivity contribution is -0.123. The van der Waals surface area contributed by atoms with Gasteiger partial charge in [0.05, 0.1) is 20.3 Å². The molecule has 0 heterocycles. The van der Waals surface area contributed by atoms with Gasteiger partial charge in [0.1, 0.15) is 0 Å². The van der Waals surface area contributed by atoms with Gasteiger partial charge in [0.25, 0.3) is 0 Å². The fourth-order valence-electron chi connectivity index (χ4n) is 1.81. The molecule has 112 valence electrons. The molecule has 0 bridgehead atoms. The maximum atomic E-state index is 11.9. The Morgan fingerprint density at radius 2 is 1.95 bits per heavy atom. The minimum atomic E-state index is -0.472. The monoisotopic (exact) mass is 280 g/mol. The third-order valence-corrected chi connectivity index (χ3v) is 3.47. The van der Waals surface area contributed by atoms with Crippen LogP contribution < -0.4 is 20.5 Å². The molecule has 1 aromatic carbocycles. The highest BCUT2D eigenvalue weighted by Gasteiger charge is 2.18. The molecule has 0 fully saturated rings. The Morgan fingerprint density at radius 1 is 1.30 bits per heavy atom. The van der Waals surface area contributed by atoms with Crippen molar-refractivity contribution in [2.75, 3.05) is 14.2 Å². The fourth-order valence-corrected chi connectivity index (χ4v) is 1.81. The second-order valence-electron chi connectivity index (χ2n) is 4.82. The highest BCUT2D eigenvalue weighted by Crippen LogP contribution is 2.27. The van der Waals surface area contributed by atoms with Gasteiger partial charge >= 0.3 is 0 Å². The molecule has 1 amide bonds. The predicted molar refractivity (Wildman–Crippen MR) is 78.8 cm³/mol. The lowest BCUT2D eigenvalue weighted by Gasteiger charge is -2.18. The van der Waals surface area contributed by atoms with Gasteiger partial charge in [-0.05, 0) is 23.6 Å². The Hall–Kier alpha value is -1.75. The van der Waals surface area contributed by atoms with E-state index in [1.54, 1.807) is 14.2 Å². The van der Waals surface area contributed by atoms with E-state index in [0.29, 0.717) is 18.0 Å². The van der Waals surface area contributed by atoms with Gasteiger partial charge in [-0.3, -0.25) is 4.79 Å². The zero-order chi connectivity index (χ0) is 15.1. The third kappa shape index (κ3) is 4.13. The summed E-state index contributed by atoms with van der Waals surface area (Å²) in [7, 11) is 3.17. The Kier molecular flexibility index (Phi) is 6.31. The maximum Gasteiger partial charge on any atom is 0.237 e. The lowest BCUT2D eigenvalue weighted by Crippen LogP contribution is -2.44. The number of methoxy groups -OCH3 is 2. The predicted octanol–water partition coefficient (Wildman–Crippen LogP) is 1.69. The Morgan fingerprint density at radius 3 is 2.50 bits per heavy atom. The molecule has 1 aromatic rings. The van der Waals surface area contributed by atoms with E-state index in [-0.39, 0.29) is 11.8 Å². The van der Waals surface area contributed by atoms with Crippen LogP contribution in [0.15, 0.2) is 18.2 Å². The van der Waals surface area contributed by atoms with Crippen LogP contribution in [0.25, 0.3) is 0 Å². The average molecular weight is 280 g/mol. The number of hydrogen-bond acceptors (Lipinski definition) is 4. The second-order valence-corrected chi connectivity index (χ2v) is 4.82. The first-order valence-corrected chi connectivity index (χ1v) is 6.77. The zero-order valence-corrected chi connectivity index (χ0v) is 12.6. The van der Waals surface area contributed by atoms with Crippen LogP contribution in [0.3, 0.4) is 0 Å². The minimum Gasteiger partial charge on any atom is -0.493 e. The standard InChI is InChI=1S/C15H24N2O3/c1-5-10(2)14(16)15(18)17-9-11-6-7-12(19-3)13(8-11)20-4/h6-8,10,14H,5,9,16H2,1-4H3,(H,17,18)/t10-,14-/m0/s1. The summed E-state index contributed by atoms with van der Waals surface area (Å²) in [5, 5.41) is 2.84. The first kappa shape index (κ1) is 16.3. The molecule has 0 radical (unpaired) electrons. The molecule has 20 heavy (non-hydrogen) atoms. The van der Waals surface area contributed by atoms with Crippen molar-refractivity contribution < 1.29 is 14.3 Å². The highest BCUT2D eigenvalue weighted by molar-refractivity contribution is 5.81. The molecule has 0 unspecified atom stereocenters. The van der Waals surface area contributed by atoms with Gasteiger partial charge in [-0.1, -0.05) is 26.3 Å². The summed E-state index contributed by atoms with van der Waals surface area (Å²) >= 11 is 0. The smallest absolute Gasteiger partial charge is 0.237 e. The largest absolute Gasteiger partial charge is 0.493 e. The fraction of sp³-hybridized carbons (Fsp3) is 0.533. The average Bonchev–Trinajstić information content (AvgIpc) is 2.50. The number of nitrogens with two attached hydrogens (primary N) is 1. The number of nitrogens with one attached hydrogen (secondary N) is 1. The van der Waals surface area contributed by atoms with Crippen LogP contribution in [-0.4, -0.2) is 26.2 Å². The van der Waals surface area contributed by atoms with Gasteiger partial charge < -0.3 is 20.5 Å². The molecule has 0 spiro atoms. The molecule has 0 aliphatic carbocycles. The number of amides is 1. The summed E-state index contributed by atoms with van der Waals surface area (Å²) in [5.74, 6) is 1.35. The molecule has 0 aliphatic rings. The topological polar surface area (TPSA) is 73.6 Å².